The van der Waals surface area contributed by atoms with E-state index < -0.39 is 37.5 Å². The van der Waals surface area contributed by atoms with Crippen LogP contribution in [-0.4, -0.2) is 75.9 Å². The van der Waals surface area contributed by atoms with E-state index in [4.69, 9.17) is 24.8 Å². The van der Waals surface area contributed by atoms with Gasteiger partial charge in [0.2, 0.25) is 5.91 Å². The van der Waals surface area contributed by atoms with Gasteiger partial charge in [-0.1, -0.05) is 0 Å². The number of aliphatic hydroxyl groups excluding tert-OH is 1. The van der Waals surface area contributed by atoms with Gasteiger partial charge >= 0.3 is 6.72 Å². The van der Waals surface area contributed by atoms with Gasteiger partial charge in [-0.3, -0.25) is 21.2 Å². The molecule has 3 aliphatic rings. The molecule has 3 saturated heterocycles. The number of nitrogens with zero attached hydrogens (tertiary/aromatic N) is 1. The van der Waals surface area contributed by atoms with Crippen molar-refractivity contribution >= 4 is 24.4 Å². The minimum Gasteiger partial charge on any atom is -0.390 e. The number of nitrogens with two attached hydrogens (primary N) is 1. The standard InChI is InChI=1S/C10H20N5O6PS/c11-10-13-8-7(9(17)14-10)12-3-15(8)6-1-4(16)5(21-6)2-20-22(18,19)23/h4-8,10,12-13,16H,1-3,11H2,(H,14,17)(H2,18,19,23)/t4-,5+,6+,7?,8?,10?/m0/s1. The zero-order valence-electron chi connectivity index (χ0n) is 12.0. The molecule has 0 saturated carbocycles. The van der Waals surface area contributed by atoms with Crippen LogP contribution in [0.3, 0.4) is 0 Å². The fourth-order valence-corrected chi connectivity index (χ4v) is 3.55. The lowest BCUT2D eigenvalue weighted by Gasteiger charge is -2.37. The van der Waals surface area contributed by atoms with Crippen molar-refractivity contribution in [2.24, 2.45) is 5.73 Å². The van der Waals surface area contributed by atoms with Gasteiger partial charge in [-0.2, -0.15) is 0 Å². The van der Waals surface area contributed by atoms with E-state index in [0.717, 1.165) is 0 Å². The molecule has 0 aliphatic carbocycles. The second kappa shape index (κ2) is 6.58. The normalized spacial score (nSPS) is 41.8. The fourth-order valence-electron chi connectivity index (χ4n) is 3.02. The first-order valence-electron chi connectivity index (χ1n) is 7.09. The molecule has 0 radical (unpaired) electrons. The van der Waals surface area contributed by atoms with Gasteiger partial charge in [0.1, 0.15) is 24.7 Å². The quantitative estimate of drug-likeness (QED) is 0.243. The number of hydrogen-bond acceptors (Lipinski definition) is 9. The molecule has 132 valence electrons. The number of carbonyl (C=O) groups is 1. The van der Waals surface area contributed by atoms with Crippen molar-refractivity contribution in [3.8, 4) is 0 Å². The molecule has 8 N–H and O–H groups in total. The van der Waals surface area contributed by atoms with E-state index in [-0.39, 0.29) is 25.1 Å². The number of amides is 1. The van der Waals surface area contributed by atoms with E-state index in [0.29, 0.717) is 6.67 Å². The minimum atomic E-state index is -3.80. The lowest BCUT2D eigenvalue weighted by Crippen LogP contribution is -2.70. The summed E-state index contributed by atoms with van der Waals surface area (Å²) < 4.78 is 10.5. The highest BCUT2D eigenvalue weighted by Gasteiger charge is 2.48. The molecule has 13 heteroatoms. The molecule has 3 heterocycles. The summed E-state index contributed by atoms with van der Waals surface area (Å²) in [6.45, 7) is -3.63. The van der Waals surface area contributed by atoms with Crippen LogP contribution in [0.4, 0.5) is 0 Å². The monoisotopic (exact) mass is 369 g/mol. The lowest BCUT2D eigenvalue weighted by molar-refractivity contribution is -0.129. The molecule has 0 aromatic heterocycles. The zero-order chi connectivity index (χ0) is 16.8. The van der Waals surface area contributed by atoms with Gasteiger partial charge in [0, 0.05) is 6.42 Å². The second-order valence-corrected chi connectivity index (χ2v) is 8.34. The van der Waals surface area contributed by atoms with E-state index in [1.54, 1.807) is 0 Å². The summed E-state index contributed by atoms with van der Waals surface area (Å²) in [5.74, 6) is -0.205. The Kier molecular flexibility index (Phi) is 5.03. The van der Waals surface area contributed by atoms with Gasteiger partial charge in [0.05, 0.1) is 25.5 Å². The second-order valence-electron chi connectivity index (χ2n) is 5.67. The van der Waals surface area contributed by atoms with Gasteiger partial charge in [0.15, 0.2) is 0 Å². The van der Waals surface area contributed by atoms with Crippen LogP contribution in [0.15, 0.2) is 0 Å². The Balaban J connectivity index is 1.62. The van der Waals surface area contributed by atoms with Gasteiger partial charge in [0.25, 0.3) is 0 Å². The van der Waals surface area contributed by atoms with E-state index in [1.807, 2.05) is 4.90 Å². The van der Waals surface area contributed by atoms with Gasteiger partial charge in [-0.25, -0.2) is 4.90 Å². The van der Waals surface area contributed by atoms with Crippen LogP contribution in [0, 0.1) is 0 Å². The summed E-state index contributed by atoms with van der Waals surface area (Å²) in [5, 5.41) is 18.7. The smallest absolute Gasteiger partial charge is 0.321 e. The van der Waals surface area contributed by atoms with Crippen molar-refractivity contribution < 1.29 is 28.9 Å². The molecule has 0 spiro atoms. The largest absolute Gasteiger partial charge is 0.390 e. The molecule has 0 aromatic rings. The van der Waals surface area contributed by atoms with E-state index in [9.17, 15) is 9.90 Å². The van der Waals surface area contributed by atoms with Crippen molar-refractivity contribution in [3.63, 3.8) is 0 Å². The van der Waals surface area contributed by atoms with Crippen LogP contribution >= 0.6 is 6.72 Å². The molecule has 0 bridgehead atoms. The van der Waals surface area contributed by atoms with Crippen molar-refractivity contribution in [2.45, 2.75) is 43.4 Å². The topological polar surface area (TPSA) is 162 Å². The highest BCUT2D eigenvalue weighted by Crippen LogP contribution is 2.38. The Morgan fingerprint density at radius 2 is 2.26 bits per heavy atom. The first kappa shape index (κ1) is 17.6. The van der Waals surface area contributed by atoms with Crippen LogP contribution < -0.4 is 21.7 Å². The molecule has 0 aromatic carbocycles. The van der Waals surface area contributed by atoms with Crippen LogP contribution in [0.1, 0.15) is 6.42 Å². The van der Waals surface area contributed by atoms with Crippen molar-refractivity contribution in [2.75, 3.05) is 13.3 Å². The zero-order valence-corrected chi connectivity index (χ0v) is 13.7. The summed E-state index contributed by atoms with van der Waals surface area (Å²) in [5.41, 5.74) is 5.72. The summed E-state index contributed by atoms with van der Waals surface area (Å²) in [4.78, 5) is 31.9. The minimum absolute atomic E-state index is 0.205. The molecule has 3 aliphatic heterocycles. The summed E-state index contributed by atoms with van der Waals surface area (Å²) in [6, 6.07) is -0.466. The van der Waals surface area contributed by atoms with E-state index in [2.05, 4.69) is 27.8 Å². The molecule has 23 heavy (non-hydrogen) atoms. The predicted molar refractivity (Wildman–Crippen MR) is 80.6 cm³/mol. The number of hydrogen-bond donors (Lipinski definition) is 7. The molecular formula is C10H20N5O6PS. The molecule has 6 atom stereocenters. The highest BCUT2D eigenvalue weighted by molar-refractivity contribution is 8.06. The third-order valence-electron chi connectivity index (χ3n) is 4.08. The first-order valence-corrected chi connectivity index (χ1v) is 9.72. The van der Waals surface area contributed by atoms with Gasteiger partial charge in [-0.05, 0) is 11.8 Å². The third-order valence-corrected chi connectivity index (χ3v) is 4.88. The summed E-state index contributed by atoms with van der Waals surface area (Å²) >= 11 is 4.37. The molecule has 1 amide bonds. The molecule has 11 nitrogen and oxygen atoms in total. The van der Waals surface area contributed by atoms with Crippen LogP contribution in [0.2, 0.25) is 0 Å². The maximum atomic E-state index is 11.9. The van der Waals surface area contributed by atoms with Crippen LogP contribution in [-0.2, 0) is 25.9 Å². The Morgan fingerprint density at radius 3 is 2.96 bits per heavy atom. The Labute approximate surface area is 137 Å². The average Bonchev–Trinajstić information content (AvgIpc) is 2.99. The molecular weight excluding hydrogens is 349 g/mol. The van der Waals surface area contributed by atoms with E-state index >= 15 is 0 Å². The Bertz CT molecular complexity index is 522. The van der Waals surface area contributed by atoms with Gasteiger partial charge in [-0.15, -0.1) is 0 Å². The average molecular weight is 369 g/mol. The van der Waals surface area contributed by atoms with E-state index in [1.165, 1.54) is 0 Å². The van der Waals surface area contributed by atoms with Crippen molar-refractivity contribution in [3.05, 3.63) is 0 Å². The first-order chi connectivity index (χ1) is 10.7. The van der Waals surface area contributed by atoms with Crippen LogP contribution in [0.25, 0.3) is 0 Å². The molecule has 3 fully saturated rings. The summed E-state index contributed by atoms with van der Waals surface area (Å²) in [6.07, 6.45) is -2.78. The molecule has 3 unspecified atom stereocenters. The third kappa shape index (κ3) is 3.89. The fraction of sp³-hybridized carbons (Fsp3) is 0.900. The number of aliphatic hydroxyl groups is 1. The maximum Gasteiger partial charge on any atom is 0.321 e. The number of fused-ring (bicyclic) bond motifs is 1. The number of nitrogens with one attached hydrogen (secondary N) is 3. The number of ether oxygens (including phenoxy) is 1. The lowest BCUT2D eigenvalue weighted by atomic mass is 10.1. The SMILES string of the molecule is NC1NC(=O)C2NCN([C@H]3C[C@H](O)[C@@H](COP(O)(O)=S)O3)C2N1. The highest BCUT2D eigenvalue weighted by atomic mass is 32.5. The maximum absolute atomic E-state index is 11.9. The summed E-state index contributed by atoms with van der Waals surface area (Å²) in [7, 11) is 0. The predicted octanol–water partition coefficient (Wildman–Crippen LogP) is -3.79. The Hall–Kier alpha value is -0.240. The number of carbonyl (C=O) groups excluding carboxylic acids is 1. The van der Waals surface area contributed by atoms with Crippen molar-refractivity contribution in [1.82, 2.24) is 20.9 Å². The Morgan fingerprint density at radius 1 is 1.52 bits per heavy atom. The van der Waals surface area contributed by atoms with Crippen LogP contribution in [0.5, 0.6) is 0 Å². The molecule has 3 rings (SSSR count). The van der Waals surface area contributed by atoms with Crippen molar-refractivity contribution in [1.29, 1.82) is 0 Å². The van der Waals surface area contributed by atoms with Gasteiger partial charge < -0.3 is 29.5 Å². The number of rotatable bonds is 4.